The molecule has 0 spiro atoms. The molecule has 0 fully saturated rings. The fourth-order valence-corrected chi connectivity index (χ4v) is 2.58. The molecule has 3 heterocycles. The summed E-state index contributed by atoms with van der Waals surface area (Å²) in [6, 6.07) is 6.58. The van der Waals surface area contributed by atoms with Crippen molar-refractivity contribution in [2.24, 2.45) is 0 Å². The first-order chi connectivity index (χ1) is 10.8. The van der Waals surface area contributed by atoms with E-state index in [1.807, 2.05) is 4.40 Å². The lowest BCUT2D eigenvalue weighted by Gasteiger charge is -2.07. The molecule has 108 valence electrons. The summed E-state index contributed by atoms with van der Waals surface area (Å²) in [7, 11) is 1.55. The zero-order chi connectivity index (χ0) is 15.1. The molecule has 0 atom stereocenters. The van der Waals surface area contributed by atoms with Crippen molar-refractivity contribution in [3.05, 3.63) is 54.9 Å². The second-order valence-electron chi connectivity index (χ2n) is 4.77. The van der Waals surface area contributed by atoms with Crippen LogP contribution in [0.2, 0.25) is 0 Å². The van der Waals surface area contributed by atoms with Gasteiger partial charge in [0.25, 0.3) is 5.88 Å². The van der Waals surface area contributed by atoms with E-state index in [-0.39, 0.29) is 5.82 Å². The van der Waals surface area contributed by atoms with Crippen LogP contribution in [0.1, 0.15) is 0 Å². The van der Waals surface area contributed by atoms with Crippen LogP contribution in [-0.4, -0.2) is 26.5 Å². The van der Waals surface area contributed by atoms with Crippen molar-refractivity contribution in [1.29, 1.82) is 0 Å². The number of methoxy groups -OCH3 is 1. The Kier molecular flexibility index (Phi) is 2.75. The number of nitrogens with zero attached hydrogens (tertiary/aromatic N) is 4. The molecule has 6 heteroatoms. The second kappa shape index (κ2) is 4.77. The van der Waals surface area contributed by atoms with Gasteiger partial charge >= 0.3 is 0 Å². The second-order valence-corrected chi connectivity index (χ2v) is 4.77. The van der Waals surface area contributed by atoms with Gasteiger partial charge in [-0.3, -0.25) is 9.38 Å². The Hall–Kier alpha value is -3.02. The van der Waals surface area contributed by atoms with Crippen LogP contribution in [0.5, 0.6) is 5.88 Å². The van der Waals surface area contributed by atoms with E-state index in [0.717, 1.165) is 11.3 Å². The van der Waals surface area contributed by atoms with Gasteiger partial charge < -0.3 is 4.74 Å². The van der Waals surface area contributed by atoms with Crippen molar-refractivity contribution in [2.75, 3.05) is 7.11 Å². The van der Waals surface area contributed by atoms with E-state index < -0.39 is 0 Å². The van der Waals surface area contributed by atoms with E-state index >= 15 is 0 Å². The van der Waals surface area contributed by atoms with Gasteiger partial charge in [0.15, 0.2) is 0 Å². The Morgan fingerprint density at radius 1 is 1.09 bits per heavy atom. The van der Waals surface area contributed by atoms with Gasteiger partial charge in [0.05, 0.1) is 24.5 Å². The Morgan fingerprint density at radius 2 is 2.00 bits per heavy atom. The van der Waals surface area contributed by atoms with Gasteiger partial charge in [0.1, 0.15) is 5.82 Å². The third-order valence-electron chi connectivity index (χ3n) is 3.58. The Bertz CT molecular complexity index is 996. The van der Waals surface area contributed by atoms with Gasteiger partial charge in [-0.1, -0.05) is 0 Å². The normalized spacial score (nSPS) is 11.2. The predicted molar refractivity (Wildman–Crippen MR) is 80.2 cm³/mol. The highest BCUT2D eigenvalue weighted by molar-refractivity contribution is 5.93. The van der Waals surface area contributed by atoms with Crippen molar-refractivity contribution in [3.63, 3.8) is 0 Å². The van der Waals surface area contributed by atoms with E-state index in [1.165, 1.54) is 6.07 Å². The molecule has 0 aliphatic heterocycles. The SMILES string of the molecule is COc1nccn2c(-c3ccc(F)c4cccnc34)cnc12. The van der Waals surface area contributed by atoms with Crippen LogP contribution in [0.15, 0.2) is 49.1 Å². The highest BCUT2D eigenvalue weighted by Gasteiger charge is 2.14. The molecule has 0 unspecified atom stereocenters. The Morgan fingerprint density at radius 3 is 2.86 bits per heavy atom. The molecule has 0 radical (unpaired) electrons. The molecule has 0 saturated carbocycles. The first-order valence-corrected chi connectivity index (χ1v) is 6.69. The molecule has 0 bridgehead atoms. The number of rotatable bonds is 2. The van der Waals surface area contributed by atoms with Crippen LogP contribution in [0.4, 0.5) is 4.39 Å². The molecule has 22 heavy (non-hydrogen) atoms. The van der Waals surface area contributed by atoms with Crippen LogP contribution >= 0.6 is 0 Å². The number of fused-ring (bicyclic) bond motifs is 2. The molecule has 1 aromatic carbocycles. The summed E-state index contributed by atoms with van der Waals surface area (Å²) in [5, 5.41) is 0.482. The minimum Gasteiger partial charge on any atom is -0.478 e. The third-order valence-corrected chi connectivity index (χ3v) is 3.58. The number of halogens is 1. The molecule has 5 nitrogen and oxygen atoms in total. The van der Waals surface area contributed by atoms with E-state index in [1.54, 1.807) is 50.1 Å². The zero-order valence-corrected chi connectivity index (χ0v) is 11.7. The van der Waals surface area contributed by atoms with Crippen LogP contribution in [0, 0.1) is 5.82 Å². The predicted octanol–water partition coefficient (Wildman–Crippen LogP) is 3.09. The number of imidazole rings is 1. The Balaban J connectivity index is 2.06. The van der Waals surface area contributed by atoms with E-state index in [9.17, 15) is 4.39 Å². The van der Waals surface area contributed by atoms with E-state index in [0.29, 0.717) is 22.4 Å². The molecular formula is C16H11FN4O. The van der Waals surface area contributed by atoms with Gasteiger partial charge in [0.2, 0.25) is 5.65 Å². The lowest BCUT2D eigenvalue weighted by atomic mass is 10.1. The fourth-order valence-electron chi connectivity index (χ4n) is 2.58. The van der Waals surface area contributed by atoms with Crippen molar-refractivity contribution in [1.82, 2.24) is 19.4 Å². The lowest BCUT2D eigenvalue weighted by molar-refractivity contribution is 0.400. The van der Waals surface area contributed by atoms with Crippen molar-refractivity contribution in [2.45, 2.75) is 0 Å². The molecule has 0 aliphatic rings. The summed E-state index contributed by atoms with van der Waals surface area (Å²) >= 11 is 0. The van der Waals surface area contributed by atoms with Crippen molar-refractivity contribution in [3.8, 4) is 17.1 Å². The maximum absolute atomic E-state index is 13.9. The highest BCUT2D eigenvalue weighted by atomic mass is 19.1. The minimum absolute atomic E-state index is 0.292. The molecule has 4 rings (SSSR count). The minimum atomic E-state index is -0.292. The van der Waals surface area contributed by atoms with E-state index in [4.69, 9.17) is 4.74 Å². The first-order valence-electron chi connectivity index (χ1n) is 6.69. The number of ether oxygens (including phenoxy) is 1. The molecular weight excluding hydrogens is 283 g/mol. The van der Waals surface area contributed by atoms with Crippen LogP contribution in [-0.2, 0) is 0 Å². The monoisotopic (exact) mass is 294 g/mol. The maximum Gasteiger partial charge on any atom is 0.258 e. The number of hydrogen-bond donors (Lipinski definition) is 0. The largest absolute Gasteiger partial charge is 0.478 e. The van der Waals surface area contributed by atoms with E-state index in [2.05, 4.69) is 15.0 Å². The van der Waals surface area contributed by atoms with Crippen LogP contribution in [0.25, 0.3) is 27.8 Å². The maximum atomic E-state index is 13.9. The summed E-state index contributed by atoms with van der Waals surface area (Å²) < 4.78 is 21.0. The topological polar surface area (TPSA) is 52.3 Å². The molecule has 0 amide bonds. The number of benzene rings is 1. The van der Waals surface area contributed by atoms with Gasteiger partial charge in [0, 0.05) is 29.5 Å². The zero-order valence-electron chi connectivity index (χ0n) is 11.7. The quantitative estimate of drug-likeness (QED) is 0.570. The summed E-state index contributed by atoms with van der Waals surface area (Å²) in [5.41, 5.74) is 2.81. The van der Waals surface area contributed by atoms with Gasteiger partial charge in [-0.15, -0.1) is 0 Å². The molecule has 3 aromatic heterocycles. The fraction of sp³-hybridized carbons (Fsp3) is 0.0625. The average molecular weight is 294 g/mol. The number of hydrogen-bond acceptors (Lipinski definition) is 4. The molecule has 4 aromatic rings. The van der Waals surface area contributed by atoms with Crippen LogP contribution < -0.4 is 4.74 Å². The highest BCUT2D eigenvalue weighted by Crippen LogP contribution is 2.30. The lowest BCUT2D eigenvalue weighted by Crippen LogP contribution is -1.95. The molecule has 0 N–H and O–H groups in total. The van der Waals surface area contributed by atoms with Gasteiger partial charge in [-0.2, -0.15) is 0 Å². The van der Waals surface area contributed by atoms with Crippen LogP contribution in [0.3, 0.4) is 0 Å². The summed E-state index contributed by atoms with van der Waals surface area (Å²) in [5.74, 6) is 0.146. The smallest absolute Gasteiger partial charge is 0.258 e. The molecule has 0 saturated heterocycles. The van der Waals surface area contributed by atoms with Crippen molar-refractivity contribution >= 4 is 16.6 Å². The third kappa shape index (κ3) is 1.74. The summed E-state index contributed by atoms with van der Waals surface area (Å²) in [6.45, 7) is 0. The molecule has 0 aliphatic carbocycles. The average Bonchev–Trinajstić information content (AvgIpc) is 2.99. The Labute approximate surface area is 125 Å². The first kappa shape index (κ1) is 12.7. The summed E-state index contributed by atoms with van der Waals surface area (Å²) in [4.78, 5) is 12.8. The van der Waals surface area contributed by atoms with Crippen molar-refractivity contribution < 1.29 is 9.13 Å². The van der Waals surface area contributed by atoms with Gasteiger partial charge in [-0.05, 0) is 24.3 Å². The number of pyridine rings is 1. The number of aromatic nitrogens is 4. The standard InChI is InChI=1S/C16H11FN4O/c1-22-16-15-20-9-13(21(15)8-7-19-16)11-4-5-12(17)10-3-2-6-18-14(10)11/h2-9H,1H3. The summed E-state index contributed by atoms with van der Waals surface area (Å²) in [6.07, 6.45) is 6.78. The van der Waals surface area contributed by atoms with Gasteiger partial charge in [-0.25, -0.2) is 14.4 Å².